The molecule has 2 aliphatic rings. The Morgan fingerprint density at radius 1 is 0.750 bits per heavy atom. The summed E-state index contributed by atoms with van der Waals surface area (Å²) in [5.74, 6) is -3.38. The van der Waals surface area contributed by atoms with Gasteiger partial charge in [-0.25, -0.2) is 15.1 Å². The maximum absolute atomic E-state index is 13.3. The summed E-state index contributed by atoms with van der Waals surface area (Å²) in [7, 11) is 0. The largest absolute Gasteiger partial charge is 0.550 e. The Hall–Kier alpha value is -3.99. The van der Waals surface area contributed by atoms with E-state index >= 15 is 0 Å². The highest BCUT2D eigenvalue weighted by Gasteiger charge is 2.54. The van der Waals surface area contributed by atoms with E-state index in [1.165, 1.54) is 0 Å². The van der Waals surface area contributed by atoms with Crippen molar-refractivity contribution >= 4 is 23.3 Å². The van der Waals surface area contributed by atoms with Crippen molar-refractivity contribution in [2.24, 2.45) is 23.7 Å². The molecular formula is C27H22N2O3. The van der Waals surface area contributed by atoms with Gasteiger partial charge in [-0.1, -0.05) is 78.9 Å². The first-order valence-electron chi connectivity index (χ1n) is 10.7. The number of carbonyl (C=O) groups is 2. The van der Waals surface area contributed by atoms with Gasteiger partial charge >= 0.3 is 5.91 Å². The van der Waals surface area contributed by atoms with Crippen LogP contribution in [-0.2, 0) is 9.59 Å². The molecule has 5 heteroatoms. The van der Waals surface area contributed by atoms with Crippen LogP contribution in [0.3, 0.4) is 0 Å². The second-order valence-corrected chi connectivity index (χ2v) is 8.13. The number of aliphatic carboxylic acids is 1. The van der Waals surface area contributed by atoms with Crippen LogP contribution >= 0.6 is 0 Å². The number of aromatic amines is 1. The standard InChI is InChI=1S/C27H22N2O3/c30-26(29-21-13-7-8-16-28-21)24-19-14-15-20(25(24)27(31)32)23(19)22(17-9-3-1-4-10-17)18-11-5-2-6-12-18/h1-16,19-20,24-25H,(H,31,32)(H,28,29,30). The number of pyridine rings is 1. The molecular weight excluding hydrogens is 400 g/mol. The molecule has 1 fully saturated rings. The number of H-pyrrole nitrogens is 1. The first-order chi connectivity index (χ1) is 15.6. The molecule has 1 amide bonds. The van der Waals surface area contributed by atoms with Crippen molar-refractivity contribution in [2.45, 2.75) is 0 Å². The zero-order chi connectivity index (χ0) is 22.1. The number of anilines is 1. The Bertz CT molecular complexity index is 1160. The molecule has 158 valence electrons. The van der Waals surface area contributed by atoms with Gasteiger partial charge in [-0.3, -0.25) is 0 Å². The van der Waals surface area contributed by atoms with Crippen molar-refractivity contribution in [3.8, 4) is 0 Å². The molecule has 1 aromatic heterocycles. The van der Waals surface area contributed by atoms with Crippen LogP contribution in [0.4, 0.5) is 5.82 Å². The number of benzene rings is 2. The van der Waals surface area contributed by atoms with Crippen LogP contribution in [0.5, 0.6) is 0 Å². The lowest BCUT2D eigenvalue weighted by molar-refractivity contribution is -0.360. The van der Waals surface area contributed by atoms with Crippen molar-refractivity contribution in [1.82, 2.24) is 0 Å². The Kier molecular flexibility index (Phi) is 5.15. The maximum atomic E-state index is 13.3. The van der Waals surface area contributed by atoms with Gasteiger partial charge in [0, 0.05) is 29.8 Å². The number of hydrogen-bond acceptors (Lipinski definition) is 3. The Labute approximate surface area is 186 Å². The molecule has 1 saturated carbocycles. The Balaban J connectivity index is 1.64. The van der Waals surface area contributed by atoms with Crippen LogP contribution in [0.15, 0.2) is 103 Å². The number of allylic oxidation sites excluding steroid dienone is 3. The molecule has 2 bridgehead atoms. The lowest BCUT2D eigenvalue weighted by Crippen LogP contribution is -2.43. The summed E-state index contributed by atoms with van der Waals surface area (Å²) >= 11 is 0. The van der Waals surface area contributed by atoms with Gasteiger partial charge in [-0.15, -0.1) is 0 Å². The van der Waals surface area contributed by atoms with E-state index in [9.17, 15) is 14.7 Å². The molecule has 0 spiro atoms. The van der Waals surface area contributed by atoms with Crippen LogP contribution in [0.2, 0.25) is 0 Å². The predicted molar refractivity (Wildman–Crippen MR) is 119 cm³/mol. The molecule has 4 unspecified atom stereocenters. The Morgan fingerprint density at radius 3 is 1.84 bits per heavy atom. The molecule has 0 aliphatic heterocycles. The van der Waals surface area contributed by atoms with Crippen LogP contribution in [0.25, 0.3) is 5.57 Å². The van der Waals surface area contributed by atoms with E-state index in [0.29, 0.717) is 5.82 Å². The van der Waals surface area contributed by atoms with E-state index in [0.717, 1.165) is 22.3 Å². The highest BCUT2D eigenvalue weighted by atomic mass is 16.4. The summed E-state index contributed by atoms with van der Waals surface area (Å²) in [6, 6.07) is 25.2. The highest BCUT2D eigenvalue weighted by Crippen LogP contribution is 2.55. The van der Waals surface area contributed by atoms with Crippen LogP contribution in [0.1, 0.15) is 11.1 Å². The van der Waals surface area contributed by atoms with Crippen molar-refractivity contribution in [2.75, 3.05) is 5.32 Å². The number of carboxylic acids is 1. The summed E-state index contributed by atoms with van der Waals surface area (Å²) in [5, 5.41) is 15.1. The van der Waals surface area contributed by atoms with Gasteiger partial charge in [0.1, 0.15) is 0 Å². The van der Waals surface area contributed by atoms with Gasteiger partial charge in [-0.05, 0) is 28.3 Å². The van der Waals surface area contributed by atoms with Gasteiger partial charge in [-0.2, -0.15) is 0 Å². The van der Waals surface area contributed by atoms with Gasteiger partial charge < -0.3 is 9.90 Å². The number of nitrogens with one attached hydrogen (secondary N) is 2. The fraction of sp³-hybridized carbons (Fsp3) is 0.148. The number of rotatable bonds is 5. The zero-order valence-electron chi connectivity index (χ0n) is 17.3. The van der Waals surface area contributed by atoms with Crippen molar-refractivity contribution < 1.29 is 19.7 Å². The summed E-state index contributed by atoms with van der Waals surface area (Å²) < 4.78 is 0. The lowest BCUT2D eigenvalue weighted by atomic mass is 9.82. The predicted octanol–water partition coefficient (Wildman–Crippen LogP) is 2.74. The molecule has 32 heavy (non-hydrogen) atoms. The molecule has 5 nitrogen and oxygen atoms in total. The zero-order valence-corrected chi connectivity index (χ0v) is 17.3. The minimum absolute atomic E-state index is 0.318. The first kappa shape index (κ1) is 19.9. The number of aromatic nitrogens is 1. The first-order valence-corrected chi connectivity index (χ1v) is 10.7. The fourth-order valence-corrected chi connectivity index (χ4v) is 5.09. The summed E-state index contributed by atoms with van der Waals surface area (Å²) in [6.45, 7) is 0. The molecule has 5 rings (SSSR count). The van der Waals surface area contributed by atoms with E-state index in [-0.39, 0.29) is 11.8 Å². The SMILES string of the molecule is O=C([O-])C1C2C=CC(C2=C(c2ccccc2)c2ccccc2)C1C(=O)Nc1cccc[nH+]1. The van der Waals surface area contributed by atoms with Crippen molar-refractivity contribution in [3.05, 3.63) is 114 Å². The monoisotopic (exact) mass is 422 g/mol. The molecule has 3 aromatic rings. The van der Waals surface area contributed by atoms with Crippen LogP contribution < -0.4 is 15.4 Å². The molecule has 1 heterocycles. The van der Waals surface area contributed by atoms with E-state index in [2.05, 4.69) is 10.3 Å². The number of carbonyl (C=O) groups excluding carboxylic acids is 2. The van der Waals surface area contributed by atoms with E-state index in [1.807, 2.05) is 78.9 Å². The number of hydrogen-bond donors (Lipinski definition) is 1. The maximum Gasteiger partial charge on any atom is 0.312 e. The summed E-state index contributed by atoms with van der Waals surface area (Å²) in [4.78, 5) is 28.5. The minimum Gasteiger partial charge on any atom is -0.550 e. The average Bonchev–Trinajstić information content (AvgIpc) is 3.37. The van der Waals surface area contributed by atoms with E-state index in [4.69, 9.17) is 0 Å². The molecule has 2 aromatic carbocycles. The second-order valence-electron chi connectivity index (χ2n) is 8.13. The van der Waals surface area contributed by atoms with Crippen molar-refractivity contribution in [1.29, 1.82) is 0 Å². The Morgan fingerprint density at radius 2 is 1.31 bits per heavy atom. The average molecular weight is 422 g/mol. The van der Waals surface area contributed by atoms with Gasteiger partial charge in [0.25, 0.3) is 5.82 Å². The summed E-state index contributed by atoms with van der Waals surface area (Å²) in [6.07, 6.45) is 5.61. The highest BCUT2D eigenvalue weighted by molar-refractivity contribution is 5.97. The van der Waals surface area contributed by atoms with Crippen LogP contribution in [0, 0.1) is 23.7 Å². The minimum atomic E-state index is -1.20. The molecule has 0 radical (unpaired) electrons. The fourth-order valence-electron chi connectivity index (χ4n) is 5.09. The normalized spacial score (nSPS) is 23.2. The lowest BCUT2D eigenvalue weighted by Gasteiger charge is -2.25. The number of fused-ring (bicyclic) bond motifs is 2. The molecule has 2 aliphatic carbocycles. The molecule has 4 atom stereocenters. The van der Waals surface area contributed by atoms with Crippen molar-refractivity contribution in [3.63, 3.8) is 0 Å². The second kappa shape index (κ2) is 8.27. The summed E-state index contributed by atoms with van der Waals surface area (Å²) in [5.41, 5.74) is 3.96. The number of amides is 1. The quantitative estimate of drug-likeness (QED) is 0.642. The van der Waals surface area contributed by atoms with Crippen LogP contribution in [-0.4, -0.2) is 11.9 Å². The van der Waals surface area contributed by atoms with E-state index in [1.54, 1.807) is 18.3 Å². The number of carboxylic acid groups (broad SMARTS) is 1. The van der Waals surface area contributed by atoms with E-state index < -0.39 is 23.7 Å². The van der Waals surface area contributed by atoms with Gasteiger partial charge in [0.05, 0.1) is 12.1 Å². The van der Waals surface area contributed by atoms with Gasteiger partial charge in [0.2, 0.25) is 0 Å². The molecule has 0 saturated heterocycles. The third kappa shape index (κ3) is 3.42. The smallest absolute Gasteiger partial charge is 0.312 e. The molecule has 2 N–H and O–H groups in total. The third-order valence-electron chi connectivity index (χ3n) is 6.36. The topological polar surface area (TPSA) is 83.4 Å². The third-order valence-corrected chi connectivity index (χ3v) is 6.36. The van der Waals surface area contributed by atoms with Gasteiger partial charge in [0.15, 0.2) is 0 Å².